The van der Waals surface area contributed by atoms with Gasteiger partial charge in [-0.1, -0.05) is 51.1 Å². The lowest BCUT2D eigenvalue weighted by atomic mass is 10.1. The van der Waals surface area contributed by atoms with E-state index in [2.05, 4.69) is 23.9 Å². The standard InChI is InChI=1S/C16H28N2O2S/c1-4-16(15-10-6-5-7-11-15)18-21(19,20)13-9-8-12-17-14(2)3/h5-7,10-11,14,16-18H,4,8-9,12-13H2,1-3H3. The minimum absolute atomic E-state index is 0.134. The molecule has 0 aliphatic carbocycles. The fourth-order valence-electron chi connectivity index (χ4n) is 2.16. The Morgan fingerprint density at radius 1 is 1.10 bits per heavy atom. The van der Waals surface area contributed by atoms with Gasteiger partial charge >= 0.3 is 0 Å². The molecule has 0 radical (unpaired) electrons. The molecule has 0 saturated carbocycles. The molecule has 0 fully saturated rings. The Kier molecular flexibility index (Phi) is 7.93. The zero-order chi connectivity index (χ0) is 15.7. The molecule has 21 heavy (non-hydrogen) atoms. The second kappa shape index (κ2) is 9.18. The Labute approximate surface area is 129 Å². The zero-order valence-corrected chi connectivity index (χ0v) is 14.1. The minimum Gasteiger partial charge on any atom is -0.315 e. The lowest BCUT2D eigenvalue weighted by molar-refractivity contribution is 0.539. The van der Waals surface area contributed by atoms with Crippen molar-refractivity contribution in [3.8, 4) is 0 Å². The Bertz CT molecular complexity index is 486. The van der Waals surface area contributed by atoms with Crippen molar-refractivity contribution in [1.82, 2.24) is 10.0 Å². The molecule has 1 aromatic rings. The summed E-state index contributed by atoms with van der Waals surface area (Å²) in [5.74, 6) is 0.191. The molecular weight excluding hydrogens is 284 g/mol. The van der Waals surface area contributed by atoms with Gasteiger partial charge < -0.3 is 5.32 Å². The normalized spacial score (nSPS) is 13.5. The van der Waals surface area contributed by atoms with Gasteiger partial charge in [-0.3, -0.25) is 0 Å². The first-order valence-electron chi connectivity index (χ1n) is 7.73. The first-order chi connectivity index (χ1) is 9.94. The van der Waals surface area contributed by atoms with Gasteiger partial charge in [-0.15, -0.1) is 0 Å². The third-order valence-electron chi connectivity index (χ3n) is 3.32. The van der Waals surface area contributed by atoms with Crippen molar-refractivity contribution < 1.29 is 8.42 Å². The maximum Gasteiger partial charge on any atom is 0.212 e. The van der Waals surface area contributed by atoms with Gasteiger partial charge in [0.25, 0.3) is 0 Å². The summed E-state index contributed by atoms with van der Waals surface area (Å²) < 4.78 is 27.1. The molecule has 1 aromatic carbocycles. The molecule has 0 aliphatic rings. The van der Waals surface area contributed by atoms with Crippen LogP contribution in [0.5, 0.6) is 0 Å². The smallest absolute Gasteiger partial charge is 0.212 e. The molecule has 0 amide bonds. The van der Waals surface area contributed by atoms with E-state index in [1.807, 2.05) is 37.3 Å². The fourth-order valence-corrected chi connectivity index (χ4v) is 3.59. The molecule has 0 heterocycles. The predicted octanol–water partition coefficient (Wildman–Crippen LogP) is 2.84. The van der Waals surface area contributed by atoms with Crippen LogP contribution in [0, 0.1) is 0 Å². The van der Waals surface area contributed by atoms with Crippen molar-refractivity contribution in [2.24, 2.45) is 0 Å². The van der Waals surface area contributed by atoms with Crippen LogP contribution >= 0.6 is 0 Å². The summed E-state index contributed by atoms with van der Waals surface area (Å²) in [6, 6.07) is 10.0. The summed E-state index contributed by atoms with van der Waals surface area (Å²) in [5.41, 5.74) is 1.02. The van der Waals surface area contributed by atoms with Gasteiger partial charge in [0.1, 0.15) is 0 Å². The SMILES string of the molecule is CCC(NS(=O)(=O)CCCCNC(C)C)c1ccccc1. The number of benzene rings is 1. The van der Waals surface area contributed by atoms with E-state index >= 15 is 0 Å². The number of sulfonamides is 1. The van der Waals surface area contributed by atoms with Gasteiger partial charge in [0.2, 0.25) is 10.0 Å². The minimum atomic E-state index is -3.22. The van der Waals surface area contributed by atoms with E-state index in [1.165, 1.54) is 0 Å². The summed E-state index contributed by atoms with van der Waals surface area (Å²) in [7, 11) is -3.22. The number of hydrogen-bond donors (Lipinski definition) is 2. The molecule has 0 bridgehead atoms. The summed E-state index contributed by atoms with van der Waals surface area (Å²) in [6.07, 6.45) is 2.31. The number of nitrogens with one attached hydrogen (secondary N) is 2. The van der Waals surface area contributed by atoms with E-state index in [0.29, 0.717) is 12.5 Å². The fraction of sp³-hybridized carbons (Fsp3) is 0.625. The molecule has 0 spiro atoms. The van der Waals surface area contributed by atoms with Crippen molar-refractivity contribution in [3.05, 3.63) is 35.9 Å². The molecule has 120 valence electrons. The van der Waals surface area contributed by atoms with Crippen LogP contribution in [0.3, 0.4) is 0 Å². The highest BCUT2D eigenvalue weighted by molar-refractivity contribution is 7.89. The lowest BCUT2D eigenvalue weighted by Gasteiger charge is -2.17. The van der Waals surface area contributed by atoms with Gasteiger partial charge in [0.15, 0.2) is 0 Å². The molecule has 1 atom stereocenters. The van der Waals surface area contributed by atoms with Crippen LogP contribution in [0.25, 0.3) is 0 Å². The van der Waals surface area contributed by atoms with Crippen LogP contribution in [0.15, 0.2) is 30.3 Å². The van der Waals surface area contributed by atoms with Crippen molar-refractivity contribution in [3.63, 3.8) is 0 Å². The lowest BCUT2D eigenvalue weighted by Crippen LogP contribution is -2.31. The second-order valence-corrected chi connectivity index (χ2v) is 7.50. The van der Waals surface area contributed by atoms with Crippen LogP contribution in [0.4, 0.5) is 0 Å². The molecule has 0 aliphatic heterocycles. The van der Waals surface area contributed by atoms with E-state index in [9.17, 15) is 8.42 Å². The van der Waals surface area contributed by atoms with Crippen LogP contribution in [0.2, 0.25) is 0 Å². The molecule has 5 heteroatoms. The van der Waals surface area contributed by atoms with E-state index in [1.54, 1.807) is 0 Å². The third kappa shape index (κ3) is 7.60. The van der Waals surface area contributed by atoms with Crippen LogP contribution in [0.1, 0.15) is 51.6 Å². The highest BCUT2D eigenvalue weighted by atomic mass is 32.2. The highest BCUT2D eigenvalue weighted by Crippen LogP contribution is 2.17. The second-order valence-electron chi connectivity index (χ2n) is 5.62. The van der Waals surface area contributed by atoms with Crippen molar-refractivity contribution in [1.29, 1.82) is 0 Å². The third-order valence-corrected chi connectivity index (χ3v) is 4.79. The van der Waals surface area contributed by atoms with Crippen LogP contribution in [-0.4, -0.2) is 26.8 Å². The van der Waals surface area contributed by atoms with Gasteiger partial charge in [0, 0.05) is 12.1 Å². The number of hydrogen-bond acceptors (Lipinski definition) is 3. The molecule has 2 N–H and O–H groups in total. The Balaban J connectivity index is 2.43. The van der Waals surface area contributed by atoms with E-state index < -0.39 is 10.0 Å². The first kappa shape index (κ1) is 18.1. The topological polar surface area (TPSA) is 58.2 Å². The summed E-state index contributed by atoms with van der Waals surface area (Å²) >= 11 is 0. The quantitative estimate of drug-likeness (QED) is 0.653. The van der Waals surface area contributed by atoms with Gasteiger partial charge in [-0.25, -0.2) is 13.1 Å². The zero-order valence-electron chi connectivity index (χ0n) is 13.3. The Hall–Kier alpha value is -0.910. The maximum absolute atomic E-state index is 12.1. The van der Waals surface area contributed by atoms with Crippen LogP contribution < -0.4 is 10.0 Å². The van der Waals surface area contributed by atoms with Crippen LogP contribution in [-0.2, 0) is 10.0 Å². The first-order valence-corrected chi connectivity index (χ1v) is 9.38. The van der Waals surface area contributed by atoms with Gasteiger partial charge in [0.05, 0.1) is 5.75 Å². The Morgan fingerprint density at radius 3 is 2.33 bits per heavy atom. The molecule has 0 aromatic heterocycles. The van der Waals surface area contributed by atoms with E-state index in [0.717, 1.165) is 24.9 Å². The largest absolute Gasteiger partial charge is 0.315 e. The molecule has 4 nitrogen and oxygen atoms in total. The molecule has 1 unspecified atom stereocenters. The molecule has 1 rings (SSSR count). The van der Waals surface area contributed by atoms with E-state index in [4.69, 9.17) is 0 Å². The average Bonchev–Trinajstić information content (AvgIpc) is 2.45. The van der Waals surface area contributed by atoms with E-state index in [-0.39, 0.29) is 11.8 Å². The summed E-state index contributed by atoms with van der Waals surface area (Å²) in [4.78, 5) is 0. The molecular formula is C16H28N2O2S. The van der Waals surface area contributed by atoms with Crippen molar-refractivity contribution in [2.45, 2.75) is 52.1 Å². The van der Waals surface area contributed by atoms with Crippen molar-refractivity contribution >= 4 is 10.0 Å². The number of unbranched alkanes of at least 4 members (excludes halogenated alkanes) is 1. The highest BCUT2D eigenvalue weighted by Gasteiger charge is 2.17. The molecule has 0 saturated heterocycles. The summed E-state index contributed by atoms with van der Waals surface area (Å²) in [5, 5.41) is 3.29. The summed E-state index contributed by atoms with van der Waals surface area (Å²) in [6.45, 7) is 7.03. The van der Waals surface area contributed by atoms with Gasteiger partial charge in [-0.05, 0) is 31.4 Å². The average molecular weight is 312 g/mol. The number of rotatable bonds is 10. The predicted molar refractivity (Wildman–Crippen MR) is 88.8 cm³/mol. The van der Waals surface area contributed by atoms with Crippen molar-refractivity contribution in [2.75, 3.05) is 12.3 Å². The maximum atomic E-state index is 12.1. The monoisotopic (exact) mass is 312 g/mol. The van der Waals surface area contributed by atoms with Gasteiger partial charge in [-0.2, -0.15) is 0 Å². The Morgan fingerprint density at radius 2 is 1.76 bits per heavy atom.